The van der Waals surface area contributed by atoms with E-state index in [0.717, 1.165) is 16.6 Å². The van der Waals surface area contributed by atoms with E-state index in [0.29, 0.717) is 12.5 Å². The lowest BCUT2D eigenvalue weighted by Crippen LogP contribution is -2.22. The van der Waals surface area contributed by atoms with Crippen molar-refractivity contribution in [3.8, 4) is 5.75 Å². The van der Waals surface area contributed by atoms with Crippen molar-refractivity contribution in [1.82, 2.24) is 0 Å². The Morgan fingerprint density at radius 2 is 2.27 bits per heavy atom. The lowest BCUT2D eigenvalue weighted by Gasteiger charge is -2.20. The van der Waals surface area contributed by atoms with Gasteiger partial charge in [0, 0.05) is 16.0 Å². The zero-order valence-electron chi connectivity index (χ0n) is 8.96. The molecule has 0 bridgehead atoms. The van der Waals surface area contributed by atoms with E-state index >= 15 is 0 Å². The molecule has 1 heterocycles. The van der Waals surface area contributed by atoms with E-state index in [1.165, 1.54) is 5.56 Å². The third kappa shape index (κ3) is 2.52. The Bertz CT molecular complexity index is 368. The Balaban J connectivity index is 2.24. The molecule has 0 aliphatic carbocycles. The molecule has 1 N–H and O–H groups in total. The summed E-state index contributed by atoms with van der Waals surface area (Å²) in [5.74, 6) is 1.25. The van der Waals surface area contributed by atoms with Crippen molar-refractivity contribution in [1.29, 1.82) is 0 Å². The molecule has 0 aromatic heterocycles. The third-order valence-electron chi connectivity index (χ3n) is 2.60. The van der Waals surface area contributed by atoms with Crippen molar-refractivity contribution in [2.75, 3.05) is 6.61 Å². The van der Waals surface area contributed by atoms with Gasteiger partial charge in [-0.1, -0.05) is 15.9 Å². The highest BCUT2D eigenvalue weighted by Crippen LogP contribution is 2.39. The summed E-state index contributed by atoms with van der Waals surface area (Å²) in [5.41, 5.74) is 0.560. The van der Waals surface area contributed by atoms with Crippen LogP contribution in [-0.4, -0.2) is 17.3 Å². The molecule has 1 unspecified atom stereocenters. The second-order valence-corrected chi connectivity index (χ2v) is 5.62. The SMILES string of the molecule is CC(C)(O)CC1COc2ccc(Br)cc21. The normalized spacial score (nSPS) is 19.9. The minimum atomic E-state index is -0.641. The number of hydrogen-bond donors (Lipinski definition) is 1. The van der Waals surface area contributed by atoms with Gasteiger partial charge in [0.15, 0.2) is 0 Å². The number of aliphatic hydroxyl groups is 1. The second kappa shape index (κ2) is 3.80. The molecule has 15 heavy (non-hydrogen) atoms. The van der Waals surface area contributed by atoms with E-state index in [1.54, 1.807) is 0 Å². The Labute approximate surface area is 98.4 Å². The van der Waals surface area contributed by atoms with Crippen LogP contribution in [0.3, 0.4) is 0 Å². The third-order valence-corrected chi connectivity index (χ3v) is 3.09. The highest BCUT2D eigenvalue weighted by atomic mass is 79.9. The zero-order valence-corrected chi connectivity index (χ0v) is 10.5. The zero-order chi connectivity index (χ0) is 11.1. The van der Waals surface area contributed by atoms with E-state index in [2.05, 4.69) is 22.0 Å². The van der Waals surface area contributed by atoms with Gasteiger partial charge < -0.3 is 9.84 Å². The van der Waals surface area contributed by atoms with E-state index in [-0.39, 0.29) is 0 Å². The van der Waals surface area contributed by atoms with Gasteiger partial charge in [-0.3, -0.25) is 0 Å². The molecule has 0 fully saturated rings. The van der Waals surface area contributed by atoms with Crippen molar-refractivity contribution in [2.24, 2.45) is 0 Å². The predicted octanol–water partition coefficient (Wildman–Crippen LogP) is 3.09. The van der Waals surface area contributed by atoms with Crippen LogP contribution in [0.4, 0.5) is 0 Å². The molecular weight excluding hydrogens is 256 g/mol. The minimum Gasteiger partial charge on any atom is -0.493 e. The van der Waals surface area contributed by atoms with Gasteiger partial charge in [-0.15, -0.1) is 0 Å². The molecule has 1 aromatic carbocycles. The molecule has 0 saturated carbocycles. The lowest BCUT2D eigenvalue weighted by atomic mass is 9.89. The van der Waals surface area contributed by atoms with Crippen LogP contribution in [0.25, 0.3) is 0 Å². The topological polar surface area (TPSA) is 29.5 Å². The molecule has 0 saturated heterocycles. The Morgan fingerprint density at radius 1 is 1.53 bits per heavy atom. The highest BCUT2D eigenvalue weighted by molar-refractivity contribution is 9.10. The summed E-state index contributed by atoms with van der Waals surface area (Å²) in [7, 11) is 0. The minimum absolute atomic E-state index is 0.303. The molecule has 1 aliphatic rings. The number of ether oxygens (including phenoxy) is 1. The van der Waals surface area contributed by atoms with Crippen molar-refractivity contribution in [3.05, 3.63) is 28.2 Å². The van der Waals surface area contributed by atoms with Crippen LogP contribution in [0.1, 0.15) is 31.7 Å². The fourth-order valence-electron chi connectivity index (χ4n) is 2.02. The van der Waals surface area contributed by atoms with Crippen LogP contribution >= 0.6 is 15.9 Å². The highest BCUT2D eigenvalue weighted by Gasteiger charge is 2.29. The number of fused-ring (bicyclic) bond motifs is 1. The quantitative estimate of drug-likeness (QED) is 0.895. The van der Waals surface area contributed by atoms with Gasteiger partial charge in [0.2, 0.25) is 0 Å². The van der Waals surface area contributed by atoms with Crippen molar-refractivity contribution in [3.63, 3.8) is 0 Å². The fourth-order valence-corrected chi connectivity index (χ4v) is 2.40. The van der Waals surface area contributed by atoms with Crippen LogP contribution < -0.4 is 4.74 Å². The first-order valence-corrected chi connectivity index (χ1v) is 5.90. The first kappa shape index (κ1) is 11.0. The van der Waals surface area contributed by atoms with Crippen molar-refractivity contribution in [2.45, 2.75) is 31.8 Å². The molecule has 1 atom stereocenters. The Kier molecular flexibility index (Phi) is 2.77. The fraction of sp³-hybridized carbons (Fsp3) is 0.500. The standard InChI is InChI=1S/C12H15BrO2/c1-12(2,14)6-8-7-15-11-4-3-9(13)5-10(8)11/h3-5,8,14H,6-7H2,1-2H3. The number of benzene rings is 1. The van der Waals surface area contributed by atoms with E-state index in [4.69, 9.17) is 4.74 Å². The monoisotopic (exact) mass is 270 g/mol. The Hall–Kier alpha value is -0.540. The van der Waals surface area contributed by atoms with Crippen LogP contribution in [0.5, 0.6) is 5.75 Å². The summed E-state index contributed by atoms with van der Waals surface area (Å²) < 4.78 is 6.64. The predicted molar refractivity (Wildman–Crippen MR) is 63.3 cm³/mol. The summed E-state index contributed by atoms with van der Waals surface area (Å²) in [4.78, 5) is 0. The maximum Gasteiger partial charge on any atom is 0.123 e. The summed E-state index contributed by atoms with van der Waals surface area (Å²) in [6.45, 7) is 4.35. The number of rotatable bonds is 2. The average molecular weight is 271 g/mol. The van der Waals surface area contributed by atoms with Crippen molar-refractivity contribution < 1.29 is 9.84 Å². The molecular formula is C12H15BrO2. The molecule has 1 aliphatic heterocycles. The van der Waals surface area contributed by atoms with Crippen LogP contribution in [0, 0.1) is 0 Å². The van der Waals surface area contributed by atoms with E-state index in [9.17, 15) is 5.11 Å². The summed E-state index contributed by atoms with van der Waals surface area (Å²) in [6, 6.07) is 6.04. The van der Waals surface area contributed by atoms with E-state index in [1.807, 2.05) is 26.0 Å². The summed E-state index contributed by atoms with van der Waals surface area (Å²) in [6.07, 6.45) is 0.733. The molecule has 82 valence electrons. The van der Waals surface area contributed by atoms with Crippen LogP contribution in [0.15, 0.2) is 22.7 Å². The molecule has 0 radical (unpaired) electrons. The van der Waals surface area contributed by atoms with Gasteiger partial charge >= 0.3 is 0 Å². The molecule has 1 aromatic rings. The maximum absolute atomic E-state index is 9.81. The van der Waals surface area contributed by atoms with Gasteiger partial charge in [0.25, 0.3) is 0 Å². The van der Waals surface area contributed by atoms with Crippen LogP contribution in [0.2, 0.25) is 0 Å². The molecule has 3 heteroatoms. The van der Waals surface area contributed by atoms with Gasteiger partial charge in [-0.2, -0.15) is 0 Å². The summed E-state index contributed by atoms with van der Waals surface area (Å²) >= 11 is 3.45. The number of hydrogen-bond acceptors (Lipinski definition) is 2. The molecule has 2 rings (SSSR count). The average Bonchev–Trinajstić information content (AvgIpc) is 2.46. The molecule has 0 amide bonds. The summed E-state index contributed by atoms with van der Waals surface area (Å²) in [5, 5.41) is 9.81. The smallest absolute Gasteiger partial charge is 0.123 e. The lowest BCUT2D eigenvalue weighted by molar-refractivity contribution is 0.0602. The van der Waals surface area contributed by atoms with Gasteiger partial charge in [-0.05, 0) is 38.5 Å². The Morgan fingerprint density at radius 3 is 2.93 bits per heavy atom. The second-order valence-electron chi connectivity index (χ2n) is 4.71. The molecule has 0 spiro atoms. The first-order valence-electron chi connectivity index (χ1n) is 5.10. The van der Waals surface area contributed by atoms with Gasteiger partial charge in [0.05, 0.1) is 12.2 Å². The van der Waals surface area contributed by atoms with Crippen molar-refractivity contribution >= 4 is 15.9 Å². The van der Waals surface area contributed by atoms with Gasteiger partial charge in [-0.25, -0.2) is 0 Å². The number of halogens is 1. The molecule has 2 nitrogen and oxygen atoms in total. The van der Waals surface area contributed by atoms with Crippen LogP contribution in [-0.2, 0) is 0 Å². The first-order chi connectivity index (χ1) is 6.96. The van der Waals surface area contributed by atoms with E-state index < -0.39 is 5.60 Å². The maximum atomic E-state index is 9.81. The van der Waals surface area contributed by atoms with Gasteiger partial charge in [0.1, 0.15) is 5.75 Å². The largest absolute Gasteiger partial charge is 0.493 e.